The van der Waals surface area contributed by atoms with E-state index in [0.29, 0.717) is 17.1 Å². The number of aliphatic hydroxyl groups is 1. The van der Waals surface area contributed by atoms with E-state index in [4.69, 9.17) is 0 Å². The minimum absolute atomic E-state index is 0.0120. The zero-order valence-corrected chi connectivity index (χ0v) is 18.5. The number of rotatable bonds is 7. The number of carbonyl (C=O) groups excluding carboxylic acids is 1. The van der Waals surface area contributed by atoms with Crippen LogP contribution in [0.25, 0.3) is 10.6 Å². The number of hydrogen-bond acceptors (Lipinski definition) is 7. The first-order valence-corrected chi connectivity index (χ1v) is 11.4. The fraction of sp³-hybridized carbons (Fsp3) is 0.429. The molecule has 0 amide bonds. The zero-order valence-electron chi connectivity index (χ0n) is 16.9. The first kappa shape index (κ1) is 22.0. The highest BCUT2D eigenvalue weighted by atomic mass is 32.1. The van der Waals surface area contributed by atoms with Gasteiger partial charge in [0.2, 0.25) is 0 Å². The fourth-order valence-corrected chi connectivity index (χ4v) is 5.14. The predicted octanol–water partition coefficient (Wildman–Crippen LogP) is 5.53. The molecular formula is C21H20F3N3O2S2. The molecule has 10 heteroatoms. The molecule has 4 rings (SSSR count). The molecule has 1 aliphatic carbocycles. The zero-order chi connectivity index (χ0) is 22.4. The number of thiazole rings is 2. The first-order valence-electron chi connectivity index (χ1n) is 9.73. The first-order chi connectivity index (χ1) is 14.6. The van der Waals surface area contributed by atoms with Crippen molar-refractivity contribution in [3.8, 4) is 10.6 Å². The summed E-state index contributed by atoms with van der Waals surface area (Å²) in [6.07, 6.45) is -3.67. The highest BCUT2D eigenvalue weighted by Crippen LogP contribution is 2.60. The van der Waals surface area contributed by atoms with Gasteiger partial charge in [-0.3, -0.25) is 9.78 Å². The van der Waals surface area contributed by atoms with Crippen LogP contribution in [0.1, 0.15) is 64.1 Å². The van der Waals surface area contributed by atoms with E-state index in [9.17, 15) is 23.1 Å². The van der Waals surface area contributed by atoms with Gasteiger partial charge in [0.15, 0.2) is 5.78 Å². The van der Waals surface area contributed by atoms with Crippen molar-refractivity contribution in [1.82, 2.24) is 15.0 Å². The van der Waals surface area contributed by atoms with E-state index in [1.54, 1.807) is 13.0 Å². The standard InChI is InChI=1S/C21H20F3N3O2S2/c1-11-18(31-19(26-11)12(2)28)15-10-30-17(27-15)7-14-4-3-13(9-25-14)16(29)8-20(5-6-20)21(22,23)24/h3-4,9-10,12,28H,5-8H2,1-2H3. The fourth-order valence-electron chi connectivity index (χ4n) is 3.30. The van der Waals surface area contributed by atoms with Crippen LogP contribution in [0.15, 0.2) is 23.7 Å². The largest absolute Gasteiger partial charge is 0.394 e. The third-order valence-corrected chi connectivity index (χ3v) is 7.59. The number of nitrogens with zero attached hydrogens (tertiary/aromatic N) is 3. The molecule has 5 nitrogen and oxygen atoms in total. The van der Waals surface area contributed by atoms with E-state index in [-0.39, 0.29) is 18.4 Å². The molecule has 0 saturated heterocycles. The van der Waals surface area contributed by atoms with Crippen molar-refractivity contribution in [3.63, 3.8) is 0 Å². The maximum atomic E-state index is 13.1. The summed E-state index contributed by atoms with van der Waals surface area (Å²) < 4.78 is 39.2. The van der Waals surface area contributed by atoms with Gasteiger partial charge in [-0.2, -0.15) is 13.2 Å². The van der Waals surface area contributed by atoms with Gasteiger partial charge >= 0.3 is 6.18 Å². The van der Waals surface area contributed by atoms with E-state index in [1.807, 2.05) is 12.3 Å². The second-order valence-electron chi connectivity index (χ2n) is 7.86. The Morgan fingerprint density at radius 3 is 2.58 bits per heavy atom. The lowest BCUT2D eigenvalue weighted by atomic mass is 9.95. The maximum absolute atomic E-state index is 13.1. The summed E-state index contributed by atoms with van der Waals surface area (Å²) in [5.74, 6) is -0.528. The van der Waals surface area contributed by atoms with Crippen LogP contribution in [-0.2, 0) is 6.42 Å². The van der Waals surface area contributed by atoms with Crippen LogP contribution >= 0.6 is 22.7 Å². The number of carbonyl (C=O) groups is 1. The summed E-state index contributed by atoms with van der Waals surface area (Å²) in [5, 5.41) is 13.1. The Labute approximate surface area is 185 Å². The van der Waals surface area contributed by atoms with Crippen LogP contribution in [0.5, 0.6) is 0 Å². The van der Waals surface area contributed by atoms with Crippen molar-refractivity contribution >= 4 is 28.5 Å². The molecule has 1 aliphatic rings. The molecule has 1 saturated carbocycles. The molecule has 0 radical (unpaired) electrons. The number of alkyl halides is 3. The Morgan fingerprint density at radius 1 is 1.29 bits per heavy atom. The average Bonchev–Trinajstić information content (AvgIpc) is 3.18. The van der Waals surface area contributed by atoms with E-state index < -0.39 is 29.9 Å². The van der Waals surface area contributed by atoms with Crippen LogP contribution in [-0.4, -0.2) is 32.0 Å². The van der Waals surface area contributed by atoms with Crippen LogP contribution in [0.4, 0.5) is 13.2 Å². The van der Waals surface area contributed by atoms with Crippen molar-refractivity contribution < 1.29 is 23.1 Å². The molecule has 3 aromatic heterocycles. The number of halogens is 3. The lowest BCUT2D eigenvalue weighted by Gasteiger charge is -2.18. The number of ketones is 1. The average molecular weight is 468 g/mol. The van der Waals surface area contributed by atoms with Gasteiger partial charge in [-0.15, -0.1) is 22.7 Å². The summed E-state index contributed by atoms with van der Waals surface area (Å²) in [7, 11) is 0. The van der Waals surface area contributed by atoms with Crippen LogP contribution < -0.4 is 0 Å². The predicted molar refractivity (Wildman–Crippen MR) is 112 cm³/mol. The number of aliphatic hydroxyl groups excluding tert-OH is 1. The van der Waals surface area contributed by atoms with Crippen molar-refractivity contribution in [2.24, 2.45) is 5.41 Å². The van der Waals surface area contributed by atoms with Gasteiger partial charge in [-0.25, -0.2) is 9.97 Å². The van der Waals surface area contributed by atoms with Gasteiger partial charge in [0.25, 0.3) is 0 Å². The van der Waals surface area contributed by atoms with Gasteiger partial charge < -0.3 is 5.11 Å². The lowest BCUT2D eigenvalue weighted by Crippen LogP contribution is -2.27. The minimum Gasteiger partial charge on any atom is -0.386 e. The smallest absolute Gasteiger partial charge is 0.386 e. The quantitative estimate of drug-likeness (QED) is 0.463. The minimum atomic E-state index is -4.34. The third-order valence-electron chi connectivity index (χ3n) is 5.39. The van der Waals surface area contributed by atoms with Gasteiger partial charge in [0.05, 0.1) is 26.7 Å². The SMILES string of the molecule is Cc1nc(C(C)O)sc1-c1csc(Cc2ccc(C(=O)CC3(C(F)(F)F)CC3)cn2)n1. The van der Waals surface area contributed by atoms with E-state index in [1.165, 1.54) is 34.9 Å². The number of hydrogen-bond donors (Lipinski definition) is 1. The molecule has 31 heavy (non-hydrogen) atoms. The Balaban J connectivity index is 1.43. The van der Waals surface area contributed by atoms with E-state index in [2.05, 4.69) is 15.0 Å². The number of pyridine rings is 1. The molecule has 0 aliphatic heterocycles. The highest BCUT2D eigenvalue weighted by Gasteiger charge is 2.63. The van der Waals surface area contributed by atoms with Crippen LogP contribution in [0, 0.1) is 12.3 Å². The topological polar surface area (TPSA) is 76.0 Å². The molecule has 1 N–H and O–H groups in total. The molecule has 0 spiro atoms. The second kappa shape index (κ2) is 8.07. The molecule has 1 atom stereocenters. The number of aryl methyl sites for hydroxylation is 1. The molecular weight excluding hydrogens is 447 g/mol. The monoisotopic (exact) mass is 467 g/mol. The molecule has 0 aromatic carbocycles. The van der Waals surface area contributed by atoms with E-state index in [0.717, 1.165) is 21.3 Å². The van der Waals surface area contributed by atoms with Crippen LogP contribution in [0.3, 0.4) is 0 Å². The Morgan fingerprint density at radius 2 is 2.03 bits per heavy atom. The summed E-state index contributed by atoms with van der Waals surface area (Å²) in [4.78, 5) is 26.4. The number of aromatic nitrogens is 3. The van der Waals surface area contributed by atoms with Gasteiger partial charge in [0.1, 0.15) is 11.1 Å². The summed E-state index contributed by atoms with van der Waals surface area (Å²) in [6, 6.07) is 3.19. The van der Waals surface area contributed by atoms with E-state index >= 15 is 0 Å². The van der Waals surface area contributed by atoms with Crippen molar-refractivity contribution in [1.29, 1.82) is 0 Å². The van der Waals surface area contributed by atoms with Gasteiger partial charge in [-0.1, -0.05) is 0 Å². The lowest BCUT2D eigenvalue weighted by molar-refractivity contribution is -0.185. The molecule has 1 unspecified atom stereocenters. The van der Waals surface area contributed by atoms with Gasteiger partial charge in [-0.05, 0) is 38.8 Å². The van der Waals surface area contributed by atoms with Gasteiger partial charge in [0, 0.05) is 35.7 Å². The van der Waals surface area contributed by atoms with Crippen LogP contribution in [0.2, 0.25) is 0 Å². The Kier molecular flexibility index (Phi) is 5.74. The molecule has 164 valence electrons. The second-order valence-corrected chi connectivity index (χ2v) is 9.84. The Bertz CT molecular complexity index is 1100. The van der Waals surface area contributed by atoms with Crippen molar-refractivity contribution in [3.05, 3.63) is 50.7 Å². The summed E-state index contributed by atoms with van der Waals surface area (Å²) >= 11 is 2.87. The van der Waals surface area contributed by atoms with Crippen molar-refractivity contribution in [2.45, 2.75) is 51.8 Å². The third kappa shape index (κ3) is 4.56. The summed E-state index contributed by atoms with van der Waals surface area (Å²) in [5.41, 5.74) is 0.634. The van der Waals surface area contributed by atoms with Crippen molar-refractivity contribution in [2.75, 3.05) is 0 Å². The normalized spacial score (nSPS) is 16.3. The number of Topliss-reactive ketones (excluding diaryl/α,β-unsaturated/α-hetero) is 1. The Hall–Kier alpha value is -2.17. The molecule has 3 aromatic rings. The molecule has 3 heterocycles. The summed E-state index contributed by atoms with van der Waals surface area (Å²) in [6.45, 7) is 3.54. The maximum Gasteiger partial charge on any atom is 0.394 e. The molecule has 0 bridgehead atoms. The highest BCUT2D eigenvalue weighted by molar-refractivity contribution is 7.16. The molecule has 1 fully saturated rings.